The molecule has 1 saturated carbocycles. The normalized spacial score (nSPS) is 16.3. The smallest absolute Gasteiger partial charge is 0.268 e. The average molecular weight is 396 g/mol. The van der Waals surface area contributed by atoms with E-state index in [4.69, 9.17) is 5.41 Å². The van der Waals surface area contributed by atoms with E-state index < -0.39 is 5.91 Å². The van der Waals surface area contributed by atoms with Crippen molar-refractivity contribution in [2.45, 2.75) is 51.1 Å². The van der Waals surface area contributed by atoms with Crippen molar-refractivity contribution in [1.29, 1.82) is 5.41 Å². The van der Waals surface area contributed by atoms with Crippen molar-refractivity contribution < 1.29 is 9.59 Å². The zero-order valence-electron chi connectivity index (χ0n) is 17.0. The Morgan fingerprint density at radius 3 is 2.66 bits per heavy atom. The van der Waals surface area contributed by atoms with Crippen LogP contribution >= 0.6 is 0 Å². The zero-order chi connectivity index (χ0) is 20.8. The second kappa shape index (κ2) is 9.41. The van der Waals surface area contributed by atoms with Crippen molar-refractivity contribution in [3.05, 3.63) is 47.8 Å². The molecule has 154 valence electrons. The Hall–Kier alpha value is -3.09. The minimum Gasteiger partial charge on any atom is -0.374 e. The number of carbonyl (C=O) groups excluding carboxylic acids is 2. The van der Waals surface area contributed by atoms with Gasteiger partial charge in [-0.15, -0.1) is 0 Å². The average Bonchev–Trinajstić information content (AvgIpc) is 3.22. The molecule has 0 spiro atoms. The SMILES string of the molecule is CNC(=O)C(=N)/C=C(\NC(C)c1cccc2[nH]ccc12)C(=O)NC1CCCCC1. The van der Waals surface area contributed by atoms with Crippen molar-refractivity contribution in [2.75, 3.05) is 7.05 Å². The fourth-order valence-electron chi connectivity index (χ4n) is 3.83. The summed E-state index contributed by atoms with van der Waals surface area (Å²) in [5, 5.41) is 17.8. The number of hydrogen-bond donors (Lipinski definition) is 5. The third-order valence-corrected chi connectivity index (χ3v) is 5.41. The van der Waals surface area contributed by atoms with Gasteiger partial charge in [-0.1, -0.05) is 31.4 Å². The third-order valence-electron chi connectivity index (χ3n) is 5.41. The van der Waals surface area contributed by atoms with Crippen LogP contribution in [0.5, 0.6) is 0 Å². The van der Waals surface area contributed by atoms with Gasteiger partial charge in [-0.05, 0) is 43.5 Å². The van der Waals surface area contributed by atoms with Gasteiger partial charge >= 0.3 is 0 Å². The van der Waals surface area contributed by atoms with E-state index >= 15 is 0 Å². The Kier molecular flexibility index (Phi) is 6.69. The van der Waals surface area contributed by atoms with Crippen LogP contribution in [0.2, 0.25) is 0 Å². The van der Waals surface area contributed by atoms with E-state index in [1.165, 1.54) is 19.5 Å². The Labute approximate surface area is 170 Å². The molecule has 2 aromatic rings. The maximum atomic E-state index is 13.0. The van der Waals surface area contributed by atoms with E-state index in [-0.39, 0.29) is 29.4 Å². The van der Waals surface area contributed by atoms with Gasteiger partial charge in [0.1, 0.15) is 11.4 Å². The highest BCUT2D eigenvalue weighted by molar-refractivity contribution is 6.42. The van der Waals surface area contributed by atoms with Gasteiger partial charge in [-0.3, -0.25) is 15.0 Å². The van der Waals surface area contributed by atoms with Gasteiger partial charge in [0.15, 0.2) is 0 Å². The summed E-state index contributed by atoms with van der Waals surface area (Å²) in [6.07, 6.45) is 8.54. The number of amides is 2. The molecule has 7 nitrogen and oxygen atoms in total. The molecule has 7 heteroatoms. The highest BCUT2D eigenvalue weighted by Gasteiger charge is 2.21. The van der Waals surface area contributed by atoms with E-state index in [1.54, 1.807) is 0 Å². The number of fused-ring (bicyclic) bond motifs is 1. The van der Waals surface area contributed by atoms with Crippen LogP contribution in [-0.4, -0.2) is 35.6 Å². The van der Waals surface area contributed by atoms with E-state index in [2.05, 4.69) is 20.9 Å². The minimum atomic E-state index is -0.532. The fourth-order valence-corrected chi connectivity index (χ4v) is 3.83. The Morgan fingerprint density at radius 1 is 1.17 bits per heavy atom. The molecule has 0 radical (unpaired) electrons. The van der Waals surface area contributed by atoms with Gasteiger partial charge in [-0.2, -0.15) is 0 Å². The summed E-state index contributed by atoms with van der Waals surface area (Å²) in [5.41, 5.74) is 2.02. The monoisotopic (exact) mass is 395 g/mol. The van der Waals surface area contributed by atoms with Crippen molar-refractivity contribution in [2.24, 2.45) is 0 Å². The van der Waals surface area contributed by atoms with Gasteiger partial charge in [0, 0.05) is 36.2 Å². The topological polar surface area (TPSA) is 110 Å². The van der Waals surface area contributed by atoms with Crippen LogP contribution in [0, 0.1) is 5.41 Å². The van der Waals surface area contributed by atoms with Crippen LogP contribution < -0.4 is 16.0 Å². The van der Waals surface area contributed by atoms with Crippen LogP contribution in [0.3, 0.4) is 0 Å². The van der Waals surface area contributed by atoms with Gasteiger partial charge in [0.25, 0.3) is 11.8 Å². The molecule has 3 rings (SSSR count). The summed E-state index contributed by atoms with van der Waals surface area (Å²) in [5.74, 6) is -0.811. The molecule has 2 amide bonds. The molecule has 1 heterocycles. The summed E-state index contributed by atoms with van der Waals surface area (Å²) in [6, 6.07) is 7.92. The molecular weight excluding hydrogens is 366 g/mol. The van der Waals surface area contributed by atoms with E-state index in [9.17, 15) is 9.59 Å². The molecule has 29 heavy (non-hydrogen) atoms. The molecule has 1 aliphatic carbocycles. The molecule has 5 N–H and O–H groups in total. The Morgan fingerprint density at radius 2 is 1.93 bits per heavy atom. The first-order valence-corrected chi connectivity index (χ1v) is 10.2. The maximum Gasteiger partial charge on any atom is 0.268 e. The molecule has 0 bridgehead atoms. The lowest BCUT2D eigenvalue weighted by Crippen LogP contribution is -2.41. The highest BCUT2D eigenvalue weighted by atomic mass is 16.2. The molecule has 0 aliphatic heterocycles. The predicted molar refractivity (Wildman–Crippen MR) is 115 cm³/mol. The first-order valence-electron chi connectivity index (χ1n) is 10.2. The number of benzene rings is 1. The summed E-state index contributed by atoms with van der Waals surface area (Å²) < 4.78 is 0. The fraction of sp³-hybridized carbons (Fsp3) is 0.409. The van der Waals surface area contributed by atoms with Crippen LogP contribution in [0.4, 0.5) is 0 Å². The Bertz CT molecular complexity index is 924. The van der Waals surface area contributed by atoms with Gasteiger partial charge in [0.05, 0.1) is 0 Å². The second-order valence-corrected chi connectivity index (χ2v) is 7.51. The molecule has 1 aromatic heterocycles. The lowest BCUT2D eigenvalue weighted by atomic mass is 9.95. The zero-order valence-corrected chi connectivity index (χ0v) is 17.0. The lowest BCUT2D eigenvalue weighted by molar-refractivity contribution is -0.118. The first-order chi connectivity index (χ1) is 14.0. The van der Waals surface area contributed by atoms with Crippen LogP contribution in [-0.2, 0) is 9.59 Å². The van der Waals surface area contributed by atoms with Crippen molar-refractivity contribution >= 4 is 28.4 Å². The predicted octanol–water partition coefficient (Wildman–Crippen LogP) is 2.92. The third kappa shape index (κ3) is 5.04. The standard InChI is InChI=1S/C22H29N5O2/c1-14(16-9-6-10-19-17(16)11-12-25-19)26-20(13-18(23)21(28)24-2)22(29)27-15-7-4-3-5-8-15/h6,9-15,23,25-26H,3-5,7-8H2,1-2H3,(H,24,28)(H,27,29)/b20-13-,23-18?. The van der Waals surface area contributed by atoms with Gasteiger partial charge < -0.3 is 20.9 Å². The largest absolute Gasteiger partial charge is 0.374 e. The lowest BCUT2D eigenvalue weighted by Gasteiger charge is -2.25. The number of H-pyrrole nitrogens is 1. The van der Waals surface area contributed by atoms with Crippen molar-refractivity contribution in [3.63, 3.8) is 0 Å². The number of aromatic amines is 1. The summed E-state index contributed by atoms with van der Waals surface area (Å²) >= 11 is 0. The number of hydrogen-bond acceptors (Lipinski definition) is 4. The van der Waals surface area contributed by atoms with E-state index in [0.717, 1.165) is 42.1 Å². The summed E-state index contributed by atoms with van der Waals surface area (Å²) in [4.78, 5) is 28.0. The summed E-state index contributed by atoms with van der Waals surface area (Å²) in [7, 11) is 1.47. The first kappa shape index (κ1) is 20.6. The Balaban J connectivity index is 1.82. The molecular formula is C22H29N5O2. The van der Waals surface area contributed by atoms with Crippen LogP contribution in [0.1, 0.15) is 50.6 Å². The van der Waals surface area contributed by atoms with Crippen molar-refractivity contribution in [1.82, 2.24) is 20.9 Å². The molecule has 1 fully saturated rings. The van der Waals surface area contributed by atoms with Crippen molar-refractivity contribution in [3.8, 4) is 0 Å². The minimum absolute atomic E-state index is 0.138. The molecule has 0 saturated heterocycles. The number of rotatable bonds is 7. The molecule has 1 aliphatic rings. The van der Waals surface area contributed by atoms with Crippen LogP contribution in [0.15, 0.2) is 42.2 Å². The van der Waals surface area contributed by atoms with Gasteiger partial charge in [0.2, 0.25) is 0 Å². The summed E-state index contributed by atoms with van der Waals surface area (Å²) in [6.45, 7) is 1.97. The second-order valence-electron chi connectivity index (χ2n) is 7.51. The molecule has 1 aromatic carbocycles. The molecule has 1 atom stereocenters. The number of carbonyl (C=O) groups is 2. The van der Waals surface area contributed by atoms with Gasteiger partial charge in [-0.25, -0.2) is 0 Å². The number of nitrogens with one attached hydrogen (secondary N) is 5. The molecule has 1 unspecified atom stereocenters. The highest BCUT2D eigenvalue weighted by Crippen LogP contribution is 2.24. The quantitative estimate of drug-likeness (QED) is 0.367. The maximum absolute atomic E-state index is 13.0. The van der Waals surface area contributed by atoms with E-state index in [0.29, 0.717) is 0 Å². The number of aromatic nitrogens is 1. The van der Waals surface area contributed by atoms with Crippen LogP contribution in [0.25, 0.3) is 10.9 Å². The van der Waals surface area contributed by atoms with E-state index in [1.807, 2.05) is 37.4 Å².